The molecule has 0 radical (unpaired) electrons. The fourth-order valence-electron chi connectivity index (χ4n) is 3.87. The maximum absolute atomic E-state index is 5.90. The van der Waals surface area contributed by atoms with Gasteiger partial charge in [-0.1, -0.05) is 56.4 Å². The first kappa shape index (κ1) is 17.3. The average molecular weight is 300 g/mol. The molecule has 0 aliphatic heterocycles. The van der Waals surface area contributed by atoms with Gasteiger partial charge in [0.25, 0.3) is 0 Å². The molecule has 0 heterocycles. The summed E-state index contributed by atoms with van der Waals surface area (Å²) >= 11 is 0. The zero-order chi connectivity index (χ0) is 15.9. The molecule has 22 heavy (non-hydrogen) atoms. The minimum Gasteiger partial charge on any atom is -0.330 e. The third-order valence-corrected chi connectivity index (χ3v) is 5.21. The van der Waals surface area contributed by atoms with Gasteiger partial charge in [0.1, 0.15) is 0 Å². The van der Waals surface area contributed by atoms with E-state index in [1.54, 1.807) is 5.57 Å². The zero-order valence-electron chi connectivity index (χ0n) is 14.8. The van der Waals surface area contributed by atoms with Crippen molar-refractivity contribution in [1.29, 1.82) is 0 Å². The predicted molar refractivity (Wildman–Crippen MR) is 98.2 cm³/mol. The maximum Gasteiger partial charge on any atom is -0.00364 e. The lowest BCUT2D eigenvalue weighted by atomic mass is 9.82. The first-order valence-corrected chi connectivity index (χ1v) is 9.17. The highest BCUT2D eigenvalue weighted by molar-refractivity contribution is 5.62. The van der Waals surface area contributed by atoms with Crippen LogP contribution in [0.15, 0.2) is 17.7 Å². The van der Waals surface area contributed by atoms with Crippen LogP contribution in [0.25, 0.3) is 6.08 Å². The van der Waals surface area contributed by atoms with E-state index < -0.39 is 0 Å². The van der Waals surface area contributed by atoms with E-state index in [2.05, 4.69) is 39.0 Å². The molecule has 1 saturated carbocycles. The van der Waals surface area contributed by atoms with Crippen LogP contribution in [-0.4, -0.2) is 6.54 Å². The van der Waals surface area contributed by atoms with Crippen LogP contribution in [0.4, 0.5) is 0 Å². The largest absolute Gasteiger partial charge is 0.330 e. The van der Waals surface area contributed by atoms with Crippen LogP contribution in [0.2, 0.25) is 0 Å². The molecule has 1 heteroatoms. The molecule has 0 spiro atoms. The minimum absolute atomic E-state index is 0.740. The second-order valence-corrected chi connectivity index (χ2v) is 6.95. The van der Waals surface area contributed by atoms with E-state index in [-0.39, 0.29) is 0 Å². The second kappa shape index (κ2) is 8.53. The molecule has 1 aliphatic carbocycles. The minimum atomic E-state index is 0.740. The van der Waals surface area contributed by atoms with E-state index in [1.165, 1.54) is 67.2 Å². The lowest BCUT2D eigenvalue weighted by Crippen LogP contribution is -2.10. The molecule has 1 aliphatic rings. The molecular weight excluding hydrogens is 266 g/mol. The van der Waals surface area contributed by atoms with Crippen molar-refractivity contribution in [2.24, 2.45) is 11.7 Å². The molecule has 2 N–H and O–H groups in total. The van der Waals surface area contributed by atoms with Crippen molar-refractivity contribution in [3.05, 3.63) is 40.0 Å². The quantitative estimate of drug-likeness (QED) is 0.744. The third-order valence-electron chi connectivity index (χ3n) is 5.21. The fourth-order valence-corrected chi connectivity index (χ4v) is 3.87. The number of rotatable bonds is 6. The van der Waals surface area contributed by atoms with E-state index in [4.69, 9.17) is 5.73 Å². The Kier molecular flexibility index (Phi) is 6.70. The van der Waals surface area contributed by atoms with Crippen molar-refractivity contribution in [2.45, 2.75) is 72.1 Å². The third kappa shape index (κ3) is 4.23. The van der Waals surface area contributed by atoms with Crippen molar-refractivity contribution in [2.75, 3.05) is 6.54 Å². The molecule has 2 rings (SSSR count). The molecular formula is C21H33N. The molecule has 1 nitrogen and oxygen atoms in total. The van der Waals surface area contributed by atoms with E-state index in [1.807, 2.05) is 0 Å². The molecule has 0 atom stereocenters. The summed E-state index contributed by atoms with van der Waals surface area (Å²) in [5.74, 6) is 0.800. The molecule has 1 fully saturated rings. The Morgan fingerprint density at radius 1 is 1.18 bits per heavy atom. The smallest absolute Gasteiger partial charge is 0.00364 e. The predicted octanol–water partition coefficient (Wildman–Crippen LogP) is 5.43. The van der Waals surface area contributed by atoms with Crippen LogP contribution in [-0.2, 0) is 12.8 Å². The van der Waals surface area contributed by atoms with Crippen molar-refractivity contribution in [3.8, 4) is 0 Å². The molecule has 0 unspecified atom stereocenters. The number of nitrogens with two attached hydrogens (primary N) is 1. The lowest BCUT2D eigenvalue weighted by Gasteiger charge is -2.23. The Labute approximate surface area is 137 Å². The van der Waals surface area contributed by atoms with Gasteiger partial charge in [-0.3, -0.25) is 0 Å². The van der Waals surface area contributed by atoms with Crippen LogP contribution < -0.4 is 5.73 Å². The number of allylic oxidation sites excluding steroid dienone is 1. The van der Waals surface area contributed by atoms with Gasteiger partial charge in [0.15, 0.2) is 0 Å². The maximum atomic E-state index is 5.90. The van der Waals surface area contributed by atoms with Crippen molar-refractivity contribution in [3.63, 3.8) is 0 Å². The molecule has 0 amide bonds. The lowest BCUT2D eigenvalue weighted by molar-refractivity contribution is 0.404. The number of hydrogen-bond donors (Lipinski definition) is 1. The normalized spacial score (nSPS) is 17.0. The van der Waals surface area contributed by atoms with Gasteiger partial charge in [0, 0.05) is 0 Å². The standard InChI is InChI=1S/C21H33N/c1-4-8-19-12-11-16(2)21(20(19)13-14-22)15-17(3)18-9-6-5-7-10-18/h11-12,15,18H,4-10,13-14,22H2,1-3H3/b17-15+. The van der Waals surface area contributed by atoms with Crippen LogP contribution in [0.3, 0.4) is 0 Å². The van der Waals surface area contributed by atoms with Gasteiger partial charge in [-0.25, -0.2) is 0 Å². The van der Waals surface area contributed by atoms with E-state index >= 15 is 0 Å². The number of hydrogen-bond acceptors (Lipinski definition) is 1. The summed E-state index contributed by atoms with van der Waals surface area (Å²) < 4.78 is 0. The van der Waals surface area contributed by atoms with Crippen molar-refractivity contribution >= 4 is 6.08 Å². The highest BCUT2D eigenvalue weighted by Crippen LogP contribution is 2.32. The van der Waals surface area contributed by atoms with Crippen LogP contribution in [0.5, 0.6) is 0 Å². The molecule has 0 bridgehead atoms. The second-order valence-electron chi connectivity index (χ2n) is 6.95. The van der Waals surface area contributed by atoms with Crippen molar-refractivity contribution < 1.29 is 0 Å². The summed E-state index contributed by atoms with van der Waals surface area (Å²) in [6.07, 6.45) is 12.8. The SMILES string of the molecule is CCCc1ccc(C)c(/C=C(\C)C2CCCCC2)c1CCN. The van der Waals surface area contributed by atoms with Gasteiger partial charge in [-0.2, -0.15) is 0 Å². The topological polar surface area (TPSA) is 26.0 Å². The Hall–Kier alpha value is -1.08. The highest BCUT2D eigenvalue weighted by Gasteiger charge is 2.16. The Morgan fingerprint density at radius 2 is 1.91 bits per heavy atom. The number of benzene rings is 1. The molecule has 0 aromatic heterocycles. The van der Waals surface area contributed by atoms with Gasteiger partial charge in [-0.05, 0) is 74.2 Å². The van der Waals surface area contributed by atoms with Crippen LogP contribution in [0, 0.1) is 12.8 Å². The highest BCUT2D eigenvalue weighted by atomic mass is 14.5. The molecule has 122 valence electrons. The molecule has 1 aromatic rings. The molecule has 1 aromatic carbocycles. The monoisotopic (exact) mass is 299 g/mol. The fraction of sp³-hybridized carbons (Fsp3) is 0.619. The molecule has 0 saturated heterocycles. The van der Waals surface area contributed by atoms with Gasteiger partial charge in [0.05, 0.1) is 0 Å². The Morgan fingerprint density at radius 3 is 2.55 bits per heavy atom. The first-order chi connectivity index (χ1) is 10.7. The van der Waals surface area contributed by atoms with Crippen LogP contribution >= 0.6 is 0 Å². The van der Waals surface area contributed by atoms with Gasteiger partial charge >= 0.3 is 0 Å². The van der Waals surface area contributed by atoms with E-state index in [9.17, 15) is 0 Å². The summed E-state index contributed by atoms with van der Waals surface area (Å²) in [5.41, 5.74) is 13.3. The zero-order valence-corrected chi connectivity index (χ0v) is 14.8. The van der Waals surface area contributed by atoms with E-state index in [0.29, 0.717) is 0 Å². The average Bonchev–Trinajstić information content (AvgIpc) is 2.54. The first-order valence-electron chi connectivity index (χ1n) is 9.17. The van der Waals surface area contributed by atoms with E-state index in [0.717, 1.165) is 18.9 Å². The van der Waals surface area contributed by atoms with Crippen molar-refractivity contribution in [1.82, 2.24) is 0 Å². The summed E-state index contributed by atoms with van der Waals surface area (Å²) in [4.78, 5) is 0. The number of aryl methyl sites for hydroxylation is 2. The van der Waals surface area contributed by atoms with Gasteiger partial charge in [-0.15, -0.1) is 0 Å². The van der Waals surface area contributed by atoms with Gasteiger partial charge < -0.3 is 5.73 Å². The Bertz CT molecular complexity index is 507. The van der Waals surface area contributed by atoms with Crippen LogP contribution in [0.1, 0.15) is 74.6 Å². The Balaban J connectivity index is 2.36. The summed E-state index contributed by atoms with van der Waals surface area (Å²) in [6.45, 7) is 7.59. The van der Waals surface area contributed by atoms with Gasteiger partial charge in [0.2, 0.25) is 0 Å². The summed E-state index contributed by atoms with van der Waals surface area (Å²) in [7, 11) is 0. The summed E-state index contributed by atoms with van der Waals surface area (Å²) in [5, 5.41) is 0. The summed E-state index contributed by atoms with van der Waals surface area (Å²) in [6, 6.07) is 4.61.